The van der Waals surface area contributed by atoms with E-state index in [1.54, 1.807) is 37.4 Å². The highest BCUT2D eigenvalue weighted by Crippen LogP contribution is 2.51. The first kappa shape index (κ1) is 21.2. The lowest BCUT2D eigenvalue weighted by Gasteiger charge is -2.33. The van der Waals surface area contributed by atoms with Crippen molar-refractivity contribution in [3.05, 3.63) is 65.4 Å². The lowest BCUT2D eigenvalue weighted by molar-refractivity contribution is -0.145. The predicted molar refractivity (Wildman–Crippen MR) is 123 cm³/mol. The third-order valence-corrected chi connectivity index (χ3v) is 8.76. The summed E-state index contributed by atoms with van der Waals surface area (Å²) in [7, 11) is -3.79. The number of ether oxygens (including phenoxy) is 1. The second kappa shape index (κ2) is 7.18. The summed E-state index contributed by atoms with van der Waals surface area (Å²) in [4.78, 5) is 13.1. The smallest absolute Gasteiger partial charge is 0.323 e. The average molecular weight is 453 g/mol. The minimum absolute atomic E-state index is 0.146. The maximum absolute atomic E-state index is 13.6. The molecule has 6 nitrogen and oxygen atoms in total. The molecule has 2 heterocycles. The molecule has 1 fully saturated rings. The summed E-state index contributed by atoms with van der Waals surface area (Å²) in [5, 5.41) is 4.43. The number of nitrogens with zero attached hydrogens (tertiary/aromatic N) is 1. The van der Waals surface area contributed by atoms with E-state index in [-0.39, 0.29) is 28.2 Å². The minimum Gasteiger partial charge on any atom is -0.465 e. The van der Waals surface area contributed by atoms with Crippen LogP contribution in [0.4, 0.5) is 0 Å². The van der Waals surface area contributed by atoms with Crippen LogP contribution in [-0.4, -0.2) is 36.5 Å². The van der Waals surface area contributed by atoms with Crippen LogP contribution in [0.1, 0.15) is 43.4 Å². The zero-order chi connectivity index (χ0) is 22.8. The highest BCUT2D eigenvalue weighted by molar-refractivity contribution is 7.90. The van der Waals surface area contributed by atoms with E-state index in [9.17, 15) is 13.2 Å². The second-order valence-corrected chi connectivity index (χ2v) is 11.3. The largest absolute Gasteiger partial charge is 0.465 e. The van der Waals surface area contributed by atoms with Crippen LogP contribution < -0.4 is 5.32 Å². The molecule has 3 aromatic rings. The number of hydrogen-bond donors (Lipinski definition) is 1. The summed E-state index contributed by atoms with van der Waals surface area (Å²) >= 11 is 0. The Hall–Kier alpha value is -2.64. The van der Waals surface area contributed by atoms with Gasteiger partial charge in [-0.25, -0.2) is 12.4 Å². The van der Waals surface area contributed by atoms with Crippen molar-refractivity contribution in [2.45, 2.75) is 56.5 Å². The summed E-state index contributed by atoms with van der Waals surface area (Å²) < 4.78 is 34.0. The van der Waals surface area contributed by atoms with E-state index >= 15 is 0 Å². The predicted octanol–water partition coefficient (Wildman–Crippen LogP) is 3.76. The van der Waals surface area contributed by atoms with Crippen molar-refractivity contribution in [2.75, 3.05) is 6.61 Å². The van der Waals surface area contributed by atoms with E-state index in [0.29, 0.717) is 12.1 Å². The lowest BCUT2D eigenvalue weighted by Crippen LogP contribution is -2.44. The van der Waals surface area contributed by atoms with E-state index in [0.717, 1.165) is 28.5 Å². The van der Waals surface area contributed by atoms with Gasteiger partial charge in [-0.2, -0.15) is 0 Å². The van der Waals surface area contributed by atoms with Gasteiger partial charge in [0, 0.05) is 23.0 Å². The van der Waals surface area contributed by atoms with E-state index in [1.807, 2.05) is 19.1 Å². The molecule has 1 saturated heterocycles. The Morgan fingerprint density at radius 1 is 1.19 bits per heavy atom. The number of rotatable bonds is 4. The Balaban J connectivity index is 1.72. The zero-order valence-electron chi connectivity index (χ0n) is 18.8. The van der Waals surface area contributed by atoms with Crippen LogP contribution >= 0.6 is 0 Å². The van der Waals surface area contributed by atoms with Gasteiger partial charge in [0.25, 0.3) is 10.0 Å². The molecule has 1 aromatic heterocycles. The van der Waals surface area contributed by atoms with Gasteiger partial charge in [0.1, 0.15) is 6.04 Å². The van der Waals surface area contributed by atoms with Crippen LogP contribution in [-0.2, 0) is 26.0 Å². The molecule has 2 aliphatic rings. The van der Waals surface area contributed by atoms with E-state index in [2.05, 4.69) is 25.2 Å². The maximum atomic E-state index is 13.6. The number of hydrogen-bond acceptors (Lipinski definition) is 5. The molecule has 1 aliphatic carbocycles. The first-order chi connectivity index (χ1) is 15.1. The molecule has 0 amide bonds. The normalized spacial score (nSPS) is 23.8. The lowest BCUT2D eigenvalue weighted by atomic mass is 9.70. The molecule has 2 aromatic carbocycles. The number of esters is 1. The standard InChI is InChI=1S/C25H28N2O4S/c1-5-31-24(28)23-22-18-14-27(32(29,30)17-11-9-15(2)10-12-17)20-8-6-7-16(21(18)20)13-19(22)25(3,4)26-23/h6-12,14,19,22-23,26H,5,13H2,1-4H3/t19?,22-,23-/m0/s1. The molecule has 0 spiro atoms. The van der Waals surface area contributed by atoms with Gasteiger partial charge in [-0.1, -0.05) is 29.8 Å². The third-order valence-electron chi connectivity index (χ3n) is 7.08. The van der Waals surface area contributed by atoms with Gasteiger partial charge >= 0.3 is 5.97 Å². The molecule has 0 bridgehead atoms. The van der Waals surface area contributed by atoms with E-state index in [4.69, 9.17) is 4.74 Å². The van der Waals surface area contributed by atoms with Gasteiger partial charge in [-0.15, -0.1) is 0 Å². The zero-order valence-corrected chi connectivity index (χ0v) is 19.6. The van der Waals surface area contributed by atoms with Crippen molar-refractivity contribution in [1.82, 2.24) is 9.29 Å². The van der Waals surface area contributed by atoms with Crippen molar-refractivity contribution in [3.8, 4) is 0 Å². The fourth-order valence-corrected chi connectivity index (χ4v) is 6.91. The Kier molecular flexibility index (Phi) is 4.76. The summed E-state index contributed by atoms with van der Waals surface area (Å²) in [6, 6.07) is 12.2. The summed E-state index contributed by atoms with van der Waals surface area (Å²) in [6.45, 7) is 8.25. The van der Waals surface area contributed by atoms with Crippen molar-refractivity contribution in [2.24, 2.45) is 5.92 Å². The second-order valence-electron chi connectivity index (χ2n) is 9.44. The average Bonchev–Trinajstić information content (AvgIpc) is 3.26. The van der Waals surface area contributed by atoms with Crippen LogP contribution in [0, 0.1) is 12.8 Å². The van der Waals surface area contributed by atoms with Crippen LogP contribution in [0.2, 0.25) is 0 Å². The topological polar surface area (TPSA) is 77.4 Å². The number of nitrogens with one attached hydrogen (secondary N) is 1. The molecule has 7 heteroatoms. The number of carbonyl (C=O) groups is 1. The molecule has 1 aliphatic heterocycles. The van der Waals surface area contributed by atoms with Crippen molar-refractivity contribution >= 4 is 26.9 Å². The Bertz CT molecular complexity index is 1320. The van der Waals surface area contributed by atoms with Crippen molar-refractivity contribution < 1.29 is 17.9 Å². The van der Waals surface area contributed by atoms with Crippen molar-refractivity contribution in [1.29, 1.82) is 0 Å². The first-order valence-corrected chi connectivity index (χ1v) is 12.5. The van der Waals surface area contributed by atoms with Gasteiger partial charge in [-0.05, 0) is 69.4 Å². The number of carbonyl (C=O) groups excluding carboxylic acids is 1. The number of fused-ring (bicyclic) bond motifs is 2. The Morgan fingerprint density at radius 2 is 1.91 bits per heavy atom. The summed E-state index contributed by atoms with van der Waals surface area (Å²) in [6.07, 6.45) is 2.51. The van der Waals surface area contributed by atoms with Crippen LogP contribution in [0.15, 0.2) is 53.6 Å². The quantitative estimate of drug-likeness (QED) is 0.610. The van der Waals surface area contributed by atoms with Gasteiger partial charge in [0.15, 0.2) is 0 Å². The molecular formula is C25H28N2O4S. The minimum atomic E-state index is -3.79. The van der Waals surface area contributed by atoms with Gasteiger partial charge in [0.2, 0.25) is 0 Å². The van der Waals surface area contributed by atoms with E-state index in [1.165, 1.54) is 3.97 Å². The van der Waals surface area contributed by atoms with Gasteiger partial charge < -0.3 is 4.74 Å². The molecule has 32 heavy (non-hydrogen) atoms. The third kappa shape index (κ3) is 3.02. The van der Waals surface area contributed by atoms with Gasteiger partial charge in [-0.3, -0.25) is 10.1 Å². The number of benzene rings is 2. The SMILES string of the molecule is CCOC(=O)[C@H]1NC(C)(C)C2Cc3cccc4c3c(cn4S(=O)(=O)c3ccc(C)cc3)[C@@H]21. The number of aryl methyl sites for hydroxylation is 1. The molecule has 3 atom stereocenters. The Morgan fingerprint density at radius 3 is 2.59 bits per heavy atom. The molecule has 0 radical (unpaired) electrons. The molecular weight excluding hydrogens is 424 g/mol. The fourth-order valence-electron chi connectivity index (χ4n) is 5.54. The van der Waals surface area contributed by atoms with Gasteiger partial charge in [0.05, 0.1) is 17.0 Å². The summed E-state index contributed by atoms with van der Waals surface area (Å²) in [5.74, 6) is -0.293. The summed E-state index contributed by atoms with van der Waals surface area (Å²) in [5.41, 5.74) is 3.39. The Labute approximate surface area is 188 Å². The van der Waals surface area contributed by atoms with Crippen molar-refractivity contribution in [3.63, 3.8) is 0 Å². The maximum Gasteiger partial charge on any atom is 0.323 e. The highest BCUT2D eigenvalue weighted by atomic mass is 32.2. The monoisotopic (exact) mass is 452 g/mol. The van der Waals surface area contributed by atoms with E-state index < -0.39 is 16.1 Å². The molecule has 0 saturated carbocycles. The van der Waals surface area contributed by atoms with Crippen LogP contribution in [0.5, 0.6) is 0 Å². The highest BCUT2D eigenvalue weighted by Gasteiger charge is 2.54. The number of aromatic nitrogens is 1. The molecule has 5 rings (SSSR count). The van der Waals surface area contributed by atoms with Crippen LogP contribution in [0.25, 0.3) is 10.9 Å². The fraction of sp³-hybridized carbons (Fsp3) is 0.400. The molecule has 1 N–H and O–H groups in total. The van der Waals surface area contributed by atoms with Crippen LogP contribution in [0.3, 0.4) is 0 Å². The molecule has 168 valence electrons. The molecule has 1 unspecified atom stereocenters. The first-order valence-electron chi connectivity index (χ1n) is 11.0.